The highest BCUT2D eigenvalue weighted by molar-refractivity contribution is 5.78. The van der Waals surface area contributed by atoms with Crippen LogP contribution in [0.1, 0.15) is 31.1 Å². The molecule has 0 bridgehead atoms. The zero-order valence-corrected chi connectivity index (χ0v) is 11.3. The van der Waals surface area contributed by atoms with Gasteiger partial charge < -0.3 is 10.1 Å². The van der Waals surface area contributed by atoms with Crippen molar-refractivity contribution in [3.05, 3.63) is 29.6 Å². The van der Waals surface area contributed by atoms with Gasteiger partial charge in [0.2, 0.25) is 0 Å². The second-order valence-electron chi connectivity index (χ2n) is 4.70. The molecule has 1 N–H and O–H groups in total. The topological polar surface area (TPSA) is 55.4 Å². The summed E-state index contributed by atoms with van der Waals surface area (Å²) in [5.74, 6) is -0.695. The van der Waals surface area contributed by atoms with Gasteiger partial charge in [0.25, 0.3) is 5.91 Å². The molecule has 1 unspecified atom stereocenters. The minimum Gasteiger partial charge on any atom is -0.481 e. The third-order valence-electron chi connectivity index (χ3n) is 2.84. The van der Waals surface area contributed by atoms with Crippen molar-refractivity contribution in [2.24, 2.45) is 5.92 Å². The summed E-state index contributed by atoms with van der Waals surface area (Å²) in [5.41, 5.74) is 0.225. The van der Waals surface area contributed by atoms with E-state index in [0.29, 0.717) is 12.2 Å². The fourth-order valence-electron chi connectivity index (χ4n) is 1.31. The van der Waals surface area contributed by atoms with Crippen LogP contribution in [0.4, 0.5) is 4.39 Å². The molecule has 1 aromatic carbocycles. The Balaban J connectivity index is 2.53. The summed E-state index contributed by atoms with van der Waals surface area (Å²) in [6.45, 7) is 5.61. The predicted molar refractivity (Wildman–Crippen MR) is 69.7 cm³/mol. The van der Waals surface area contributed by atoms with Crippen LogP contribution in [0.25, 0.3) is 0 Å². The lowest BCUT2D eigenvalue weighted by atomic mass is 10.1. The maximum atomic E-state index is 13.5. The van der Waals surface area contributed by atoms with Crippen molar-refractivity contribution in [3.8, 4) is 5.75 Å². The lowest BCUT2D eigenvalue weighted by Gasteiger charge is -2.17. The van der Waals surface area contributed by atoms with Gasteiger partial charge in [0.15, 0.2) is 18.2 Å². The normalized spacial score (nSPS) is 12.1. The number of benzene rings is 1. The number of hydrogen-bond acceptors (Lipinski definition) is 3. The van der Waals surface area contributed by atoms with E-state index in [1.807, 2.05) is 20.8 Å². The van der Waals surface area contributed by atoms with E-state index in [9.17, 15) is 14.0 Å². The van der Waals surface area contributed by atoms with Gasteiger partial charge in [-0.1, -0.05) is 13.8 Å². The second kappa shape index (κ2) is 6.87. The van der Waals surface area contributed by atoms with Gasteiger partial charge in [-0.15, -0.1) is 0 Å². The molecule has 0 saturated heterocycles. The van der Waals surface area contributed by atoms with Gasteiger partial charge >= 0.3 is 0 Å². The molecule has 0 radical (unpaired) electrons. The Morgan fingerprint density at radius 1 is 1.42 bits per heavy atom. The molecular weight excluding hydrogens is 249 g/mol. The summed E-state index contributed by atoms with van der Waals surface area (Å²) in [6.07, 6.45) is 0.546. The second-order valence-corrected chi connectivity index (χ2v) is 4.70. The average Bonchev–Trinajstić information content (AvgIpc) is 2.36. The van der Waals surface area contributed by atoms with Gasteiger partial charge in [-0.3, -0.25) is 9.59 Å². The molecule has 0 saturated carbocycles. The number of hydrogen-bond donors (Lipinski definition) is 1. The minimum absolute atomic E-state index is 0.0263. The number of rotatable bonds is 6. The Morgan fingerprint density at radius 3 is 2.63 bits per heavy atom. The van der Waals surface area contributed by atoms with Crippen molar-refractivity contribution >= 4 is 12.2 Å². The molecule has 0 fully saturated rings. The minimum atomic E-state index is -0.658. The van der Waals surface area contributed by atoms with Crippen LogP contribution in [-0.2, 0) is 4.79 Å². The molecular formula is C14H18FNO3. The third-order valence-corrected chi connectivity index (χ3v) is 2.84. The summed E-state index contributed by atoms with van der Waals surface area (Å²) in [4.78, 5) is 22.0. The summed E-state index contributed by atoms with van der Waals surface area (Å²) in [6, 6.07) is 3.85. The number of aldehydes is 1. The van der Waals surface area contributed by atoms with Crippen molar-refractivity contribution in [2.45, 2.75) is 26.8 Å². The van der Waals surface area contributed by atoms with Crippen LogP contribution in [0, 0.1) is 11.7 Å². The number of amides is 1. The van der Waals surface area contributed by atoms with Gasteiger partial charge in [-0.25, -0.2) is 4.39 Å². The molecule has 0 aliphatic carbocycles. The summed E-state index contributed by atoms with van der Waals surface area (Å²) < 4.78 is 18.5. The van der Waals surface area contributed by atoms with Crippen LogP contribution in [0.3, 0.4) is 0 Å². The smallest absolute Gasteiger partial charge is 0.258 e. The van der Waals surface area contributed by atoms with Crippen LogP contribution >= 0.6 is 0 Å². The molecule has 0 aliphatic rings. The van der Waals surface area contributed by atoms with Gasteiger partial charge in [0.05, 0.1) is 0 Å². The number of carbonyl (C=O) groups is 2. The molecule has 104 valence electrons. The highest BCUT2D eigenvalue weighted by Gasteiger charge is 2.12. The number of halogens is 1. The Kier molecular flexibility index (Phi) is 5.48. The van der Waals surface area contributed by atoms with E-state index in [4.69, 9.17) is 4.74 Å². The first-order valence-corrected chi connectivity index (χ1v) is 6.11. The molecule has 0 aliphatic heterocycles. The van der Waals surface area contributed by atoms with Gasteiger partial charge in [0, 0.05) is 11.6 Å². The summed E-state index contributed by atoms with van der Waals surface area (Å²) in [5, 5.41) is 2.75. The van der Waals surface area contributed by atoms with E-state index < -0.39 is 5.82 Å². The molecule has 1 atom stereocenters. The van der Waals surface area contributed by atoms with Crippen LogP contribution in [0.5, 0.6) is 5.75 Å². The number of ether oxygens (including phenoxy) is 1. The molecule has 1 amide bonds. The maximum Gasteiger partial charge on any atom is 0.258 e. The SMILES string of the molecule is CC(C)C(C)NC(=O)COc1ccc(C=O)cc1F. The fourth-order valence-corrected chi connectivity index (χ4v) is 1.31. The number of carbonyl (C=O) groups excluding carboxylic acids is 2. The van der Waals surface area contributed by atoms with Crippen molar-refractivity contribution in [1.82, 2.24) is 5.32 Å². The first kappa shape index (κ1) is 15.1. The van der Waals surface area contributed by atoms with Crippen LogP contribution in [0.15, 0.2) is 18.2 Å². The van der Waals surface area contributed by atoms with E-state index in [1.165, 1.54) is 12.1 Å². The first-order chi connectivity index (χ1) is 8.93. The molecule has 1 rings (SSSR count). The summed E-state index contributed by atoms with van der Waals surface area (Å²) in [7, 11) is 0. The van der Waals surface area contributed by atoms with E-state index in [0.717, 1.165) is 6.07 Å². The largest absolute Gasteiger partial charge is 0.481 e. The average molecular weight is 267 g/mol. The molecule has 0 heterocycles. The Hall–Kier alpha value is -1.91. The predicted octanol–water partition coefficient (Wildman–Crippen LogP) is 2.18. The molecule has 4 nitrogen and oxygen atoms in total. The molecule has 19 heavy (non-hydrogen) atoms. The van der Waals surface area contributed by atoms with E-state index >= 15 is 0 Å². The molecule has 1 aromatic rings. The quantitative estimate of drug-likeness (QED) is 0.804. The van der Waals surface area contributed by atoms with E-state index in [-0.39, 0.29) is 29.9 Å². The monoisotopic (exact) mass is 267 g/mol. The number of nitrogens with one attached hydrogen (secondary N) is 1. The van der Waals surface area contributed by atoms with Crippen molar-refractivity contribution < 1.29 is 18.7 Å². The first-order valence-electron chi connectivity index (χ1n) is 6.11. The Morgan fingerprint density at radius 2 is 2.11 bits per heavy atom. The van der Waals surface area contributed by atoms with Crippen LogP contribution < -0.4 is 10.1 Å². The van der Waals surface area contributed by atoms with Gasteiger partial charge in [-0.05, 0) is 31.0 Å². The molecule has 5 heteroatoms. The van der Waals surface area contributed by atoms with Gasteiger partial charge in [-0.2, -0.15) is 0 Å². The zero-order chi connectivity index (χ0) is 14.4. The maximum absolute atomic E-state index is 13.5. The van der Waals surface area contributed by atoms with Crippen molar-refractivity contribution in [2.75, 3.05) is 6.61 Å². The highest BCUT2D eigenvalue weighted by Crippen LogP contribution is 2.17. The zero-order valence-electron chi connectivity index (χ0n) is 11.3. The molecule has 0 spiro atoms. The van der Waals surface area contributed by atoms with Crippen LogP contribution in [0.2, 0.25) is 0 Å². The standard InChI is InChI=1S/C14H18FNO3/c1-9(2)10(3)16-14(18)8-19-13-5-4-11(7-17)6-12(13)15/h4-7,9-10H,8H2,1-3H3,(H,16,18). The highest BCUT2D eigenvalue weighted by atomic mass is 19.1. The fraction of sp³-hybridized carbons (Fsp3) is 0.429. The van der Waals surface area contributed by atoms with Crippen LogP contribution in [-0.4, -0.2) is 24.8 Å². The Bertz CT molecular complexity index is 460. The Labute approximate surface area is 112 Å². The van der Waals surface area contributed by atoms with Gasteiger partial charge in [0.1, 0.15) is 6.29 Å². The van der Waals surface area contributed by atoms with Crippen molar-refractivity contribution in [3.63, 3.8) is 0 Å². The summed E-state index contributed by atoms with van der Waals surface area (Å²) >= 11 is 0. The van der Waals surface area contributed by atoms with E-state index in [2.05, 4.69) is 5.32 Å². The lowest BCUT2D eigenvalue weighted by Crippen LogP contribution is -2.39. The third kappa shape index (κ3) is 4.69. The molecule has 0 aromatic heterocycles. The van der Waals surface area contributed by atoms with E-state index in [1.54, 1.807) is 0 Å². The van der Waals surface area contributed by atoms with Crippen molar-refractivity contribution in [1.29, 1.82) is 0 Å². The lowest BCUT2D eigenvalue weighted by molar-refractivity contribution is -0.124.